The number of carboxylic acids is 1. The number of halogens is 1. The van der Waals surface area contributed by atoms with Gasteiger partial charge in [0.2, 0.25) is 0 Å². The highest BCUT2D eigenvalue weighted by molar-refractivity contribution is 7.99. The number of benzene rings is 1. The summed E-state index contributed by atoms with van der Waals surface area (Å²) in [4.78, 5) is 11.0. The molecule has 0 aliphatic rings. The summed E-state index contributed by atoms with van der Waals surface area (Å²) in [7, 11) is 0. The molecule has 0 saturated carbocycles. The second-order valence-electron chi connectivity index (χ2n) is 3.13. The number of carboxylic acid groups (broad SMARTS) is 1. The fourth-order valence-electron chi connectivity index (χ4n) is 1.12. The second kappa shape index (κ2) is 7.26. The Morgan fingerprint density at radius 2 is 2.18 bits per heavy atom. The van der Waals surface area contributed by atoms with E-state index in [1.54, 1.807) is 0 Å². The minimum Gasteiger partial charge on any atom is -0.478 e. The molecular formula is C11H13FO4S. The van der Waals surface area contributed by atoms with Crippen LogP contribution in [0, 0.1) is 5.82 Å². The molecule has 0 spiro atoms. The van der Waals surface area contributed by atoms with Crippen LogP contribution >= 0.6 is 11.8 Å². The van der Waals surface area contributed by atoms with Crippen LogP contribution in [-0.4, -0.2) is 41.8 Å². The molecular weight excluding hydrogens is 247 g/mol. The van der Waals surface area contributed by atoms with Crippen LogP contribution in [0.3, 0.4) is 0 Å². The molecule has 1 aromatic carbocycles. The van der Waals surface area contributed by atoms with Gasteiger partial charge >= 0.3 is 5.97 Å². The fraction of sp³-hybridized carbons (Fsp3) is 0.364. The lowest BCUT2D eigenvalue weighted by atomic mass is 10.2. The molecule has 0 heterocycles. The van der Waals surface area contributed by atoms with E-state index in [1.807, 2.05) is 0 Å². The third-order valence-corrected chi connectivity index (χ3v) is 2.89. The first kappa shape index (κ1) is 14.0. The van der Waals surface area contributed by atoms with Crippen molar-refractivity contribution in [1.29, 1.82) is 0 Å². The number of hydrogen-bond donors (Lipinski definition) is 2. The van der Waals surface area contributed by atoms with Gasteiger partial charge in [-0.05, 0) is 18.2 Å². The van der Waals surface area contributed by atoms with E-state index in [1.165, 1.54) is 23.9 Å². The number of carbonyl (C=O) groups is 1. The van der Waals surface area contributed by atoms with E-state index in [9.17, 15) is 9.18 Å². The Labute approximate surface area is 102 Å². The fourth-order valence-corrected chi connectivity index (χ4v) is 1.96. The molecule has 0 radical (unpaired) electrons. The largest absolute Gasteiger partial charge is 0.478 e. The number of aromatic carboxylic acids is 1. The van der Waals surface area contributed by atoms with Crippen LogP contribution < -0.4 is 0 Å². The Balaban J connectivity index is 2.51. The van der Waals surface area contributed by atoms with Gasteiger partial charge in [0.1, 0.15) is 5.82 Å². The third kappa shape index (κ3) is 4.72. The summed E-state index contributed by atoms with van der Waals surface area (Å²) in [5.41, 5.74) is 0.0603. The van der Waals surface area contributed by atoms with Crippen molar-refractivity contribution in [2.24, 2.45) is 0 Å². The van der Waals surface area contributed by atoms with Crippen molar-refractivity contribution in [3.63, 3.8) is 0 Å². The summed E-state index contributed by atoms with van der Waals surface area (Å²) in [6, 6.07) is 3.67. The van der Waals surface area contributed by atoms with Gasteiger partial charge in [0.15, 0.2) is 0 Å². The molecule has 2 N–H and O–H groups in total. The quantitative estimate of drug-likeness (QED) is 0.576. The predicted molar refractivity (Wildman–Crippen MR) is 62.0 cm³/mol. The average Bonchev–Trinajstić information content (AvgIpc) is 2.30. The summed E-state index contributed by atoms with van der Waals surface area (Å²) in [6.45, 7) is 0.577. The number of aliphatic hydroxyl groups excluding tert-OH is 1. The van der Waals surface area contributed by atoms with Crippen LogP contribution in [0.1, 0.15) is 10.4 Å². The molecule has 0 bridgehead atoms. The van der Waals surface area contributed by atoms with E-state index in [0.717, 1.165) is 6.07 Å². The maximum Gasteiger partial charge on any atom is 0.335 e. The lowest BCUT2D eigenvalue weighted by molar-refractivity contribution is 0.0696. The Morgan fingerprint density at radius 3 is 2.82 bits per heavy atom. The maximum absolute atomic E-state index is 13.3. The smallest absolute Gasteiger partial charge is 0.335 e. The molecule has 0 unspecified atom stereocenters. The summed E-state index contributed by atoms with van der Waals surface area (Å²) < 4.78 is 18.3. The molecule has 0 saturated heterocycles. The standard InChI is InChI=1S/C11H13FO4S/c12-9-2-1-8(11(14)15)7-10(9)17-6-5-16-4-3-13/h1-2,7,13H,3-6H2,(H,14,15). The van der Waals surface area contributed by atoms with Gasteiger partial charge in [-0.1, -0.05) is 0 Å². The molecule has 1 aromatic rings. The predicted octanol–water partition coefficient (Wildman–Crippen LogP) is 1.62. The molecule has 4 nitrogen and oxygen atoms in total. The van der Waals surface area contributed by atoms with Gasteiger partial charge < -0.3 is 14.9 Å². The first-order valence-corrected chi connectivity index (χ1v) is 5.98. The zero-order chi connectivity index (χ0) is 12.7. The zero-order valence-corrected chi connectivity index (χ0v) is 9.87. The Hall–Kier alpha value is -1.11. The highest BCUT2D eigenvalue weighted by atomic mass is 32.2. The van der Waals surface area contributed by atoms with Crippen LogP contribution in [0.25, 0.3) is 0 Å². The number of rotatable bonds is 7. The topological polar surface area (TPSA) is 66.8 Å². The monoisotopic (exact) mass is 260 g/mol. The van der Waals surface area contributed by atoms with Crippen molar-refractivity contribution in [3.05, 3.63) is 29.6 Å². The maximum atomic E-state index is 13.3. The van der Waals surface area contributed by atoms with E-state index < -0.39 is 11.8 Å². The lowest BCUT2D eigenvalue weighted by Gasteiger charge is -2.05. The van der Waals surface area contributed by atoms with Crippen LogP contribution in [0.5, 0.6) is 0 Å². The van der Waals surface area contributed by atoms with Crippen LogP contribution in [0.4, 0.5) is 4.39 Å². The van der Waals surface area contributed by atoms with E-state index in [4.69, 9.17) is 14.9 Å². The Morgan fingerprint density at radius 1 is 1.41 bits per heavy atom. The molecule has 0 amide bonds. The van der Waals surface area contributed by atoms with Crippen LogP contribution in [0.15, 0.2) is 23.1 Å². The van der Waals surface area contributed by atoms with Crippen molar-refractivity contribution in [2.45, 2.75) is 4.90 Å². The SMILES string of the molecule is O=C(O)c1ccc(F)c(SCCOCCO)c1. The van der Waals surface area contributed by atoms with Gasteiger partial charge in [-0.25, -0.2) is 9.18 Å². The van der Waals surface area contributed by atoms with E-state index >= 15 is 0 Å². The first-order chi connectivity index (χ1) is 8.15. The van der Waals surface area contributed by atoms with E-state index in [2.05, 4.69) is 0 Å². The van der Waals surface area contributed by atoms with Gasteiger partial charge in [-0.3, -0.25) is 0 Å². The molecule has 94 valence electrons. The molecule has 17 heavy (non-hydrogen) atoms. The average molecular weight is 260 g/mol. The van der Waals surface area contributed by atoms with Crippen molar-refractivity contribution >= 4 is 17.7 Å². The van der Waals surface area contributed by atoms with Crippen LogP contribution in [-0.2, 0) is 4.74 Å². The van der Waals surface area contributed by atoms with Gasteiger partial charge in [-0.2, -0.15) is 0 Å². The summed E-state index contributed by atoms with van der Waals surface area (Å²) in [5.74, 6) is -1.02. The summed E-state index contributed by atoms with van der Waals surface area (Å²) >= 11 is 1.18. The number of hydrogen-bond acceptors (Lipinski definition) is 4. The number of thioether (sulfide) groups is 1. The van der Waals surface area contributed by atoms with E-state index in [0.29, 0.717) is 12.4 Å². The minimum absolute atomic E-state index is 0.0481. The molecule has 6 heteroatoms. The second-order valence-corrected chi connectivity index (χ2v) is 4.27. The van der Waals surface area contributed by atoms with Gasteiger partial charge in [-0.15, -0.1) is 11.8 Å². The molecule has 0 aliphatic heterocycles. The zero-order valence-electron chi connectivity index (χ0n) is 9.06. The van der Waals surface area contributed by atoms with Gasteiger partial charge in [0.05, 0.1) is 25.4 Å². The number of aliphatic hydroxyl groups is 1. The lowest BCUT2D eigenvalue weighted by Crippen LogP contribution is -2.03. The van der Waals surface area contributed by atoms with Gasteiger partial charge in [0.25, 0.3) is 0 Å². The highest BCUT2D eigenvalue weighted by Crippen LogP contribution is 2.22. The Kier molecular flexibility index (Phi) is 5.96. The first-order valence-electron chi connectivity index (χ1n) is 4.99. The van der Waals surface area contributed by atoms with Gasteiger partial charge in [0, 0.05) is 10.6 Å². The third-order valence-electron chi connectivity index (χ3n) is 1.90. The van der Waals surface area contributed by atoms with Crippen molar-refractivity contribution < 1.29 is 24.1 Å². The van der Waals surface area contributed by atoms with Crippen molar-refractivity contribution in [1.82, 2.24) is 0 Å². The molecule has 1 rings (SSSR count). The van der Waals surface area contributed by atoms with Crippen molar-refractivity contribution in [2.75, 3.05) is 25.6 Å². The Bertz CT molecular complexity index is 384. The van der Waals surface area contributed by atoms with Crippen LogP contribution in [0.2, 0.25) is 0 Å². The van der Waals surface area contributed by atoms with E-state index in [-0.39, 0.29) is 23.7 Å². The number of ether oxygens (including phenoxy) is 1. The molecule has 0 fully saturated rings. The minimum atomic E-state index is -1.08. The molecule has 0 aromatic heterocycles. The normalized spacial score (nSPS) is 10.5. The molecule has 0 aliphatic carbocycles. The molecule has 0 atom stereocenters. The summed E-state index contributed by atoms with van der Waals surface area (Å²) in [6.07, 6.45) is 0. The summed E-state index contributed by atoms with van der Waals surface area (Å²) in [5, 5.41) is 17.2. The highest BCUT2D eigenvalue weighted by Gasteiger charge is 2.08. The van der Waals surface area contributed by atoms with Crippen molar-refractivity contribution in [3.8, 4) is 0 Å².